The highest BCUT2D eigenvalue weighted by Gasteiger charge is 2.45. The number of benzene rings is 1. The van der Waals surface area contributed by atoms with Crippen LogP contribution in [0.4, 0.5) is 4.79 Å². The number of rotatable bonds is 8. The molecule has 1 heterocycles. The van der Waals surface area contributed by atoms with E-state index in [2.05, 4.69) is 59.1 Å². The van der Waals surface area contributed by atoms with E-state index in [9.17, 15) is 9.59 Å². The summed E-state index contributed by atoms with van der Waals surface area (Å²) in [5.74, 6) is 0.550. The summed E-state index contributed by atoms with van der Waals surface area (Å²) in [5.41, 5.74) is 1.74. The number of halogens is 1. The number of hydrogen-bond donors (Lipinski definition) is 3. The monoisotopic (exact) mass is 515 g/mol. The first-order chi connectivity index (χ1) is 13.3. The van der Waals surface area contributed by atoms with Crippen molar-refractivity contribution in [2.75, 3.05) is 20.1 Å². The Hall–Kier alpha value is -1.84. The molecule has 29 heavy (non-hydrogen) atoms. The highest BCUT2D eigenvalue weighted by molar-refractivity contribution is 14.0. The van der Waals surface area contributed by atoms with Gasteiger partial charge in [0.2, 0.25) is 0 Å². The van der Waals surface area contributed by atoms with Crippen LogP contribution in [0.3, 0.4) is 0 Å². The topological polar surface area (TPSA) is 85.8 Å². The van der Waals surface area contributed by atoms with E-state index in [1.807, 2.05) is 6.92 Å². The third kappa shape index (κ3) is 6.32. The van der Waals surface area contributed by atoms with Crippen LogP contribution < -0.4 is 16.0 Å². The van der Waals surface area contributed by atoms with Crippen molar-refractivity contribution in [1.29, 1.82) is 0 Å². The quantitative estimate of drug-likeness (QED) is 0.163. The fraction of sp³-hybridized carbons (Fsp3) is 0.571. The van der Waals surface area contributed by atoms with E-state index in [0.29, 0.717) is 31.9 Å². The molecule has 1 aliphatic heterocycles. The van der Waals surface area contributed by atoms with Crippen LogP contribution in [0.25, 0.3) is 0 Å². The predicted molar refractivity (Wildman–Crippen MR) is 128 cm³/mol. The lowest BCUT2D eigenvalue weighted by atomic mass is 9.99. The lowest BCUT2D eigenvalue weighted by molar-refractivity contribution is -0.130. The minimum absolute atomic E-state index is 0. The molecule has 0 radical (unpaired) electrons. The van der Waals surface area contributed by atoms with E-state index in [1.165, 1.54) is 16.0 Å². The molecular formula is C21H34IN5O2. The van der Waals surface area contributed by atoms with Crippen LogP contribution in [0.5, 0.6) is 0 Å². The molecule has 162 valence electrons. The number of aryl methyl sites for hydroxylation is 1. The standard InChI is InChI=1S/C21H33N5O2.HI/c1-6-16-9-11-17(12-10-16)15(3)24-19(22-5)23-13-8-14-26-18(27)21(4,7-2)25-20(26)28;/h9-12,15H,6-8,13-14H2,1-5H3,(H,25,28)(H2,22,23,24);1H. The number of hydrogen-bond acceptors (Lipinski definition) is 3. The number of carbonyl (C=O) groups excluding carboxylic acids is 2. The summed E-state index contributed by atoms with van der Waals surface area (Å²) in [6.45, 7) is 8.90. The molecule has 3 amide bonds. The Morgan fingerprint density at radius 1 is 1.24 bits per heavy atom. The van der Waals surface area contributed by atoms with Gasteiger partial charge in [-0.05, 0) is 44.2 Å². The van der Waals surface area contributed by atoms with E-state index < -0.39 is 5.54 Å². The van der Waals surface area contributed by atoms with Gasteiger partial charge in [-0.2, -0.15) is 0 Å². The summed E-state index contributed by atoms with van der Waals surface area (Å²) in [4.78, 5) is 30.0. The van der Waals surface area contributed by atoms with Crippen molar-refractivity contribution >= 4 is 41.9 Å². The van der Waals surface area contributed by atoms with Crippen molar-refractivity contribution in [2.45, 2.75) is 58.5 Å². The summed E-state index contributed by atoms with van der Waals surface area (Å²) < 4.78 is 0. The Labute approximate surface area is 191 Å². The highest BCUT2D eigenvalue weighted by atomic mass is 127. The molecule has 2 unspecified atom stereocenters. The first-order valence-electron chi connectivity index (χ1n) is 10.0. The van der Waals surface area contributed by atoms with Gasteiger partial charge in [-0.3, -0.25) is 14.7 Å². The Morgan fingerprint density at radius 3 is 2.41 bits per heavy atom. The van der Waals surface area contributed by atoms with Crippen LogP contribution in [0.1, 0.15) is 57.7 Å². The third-order valence-electron chi connectivity index (χ3n) is 5.37. The summed E-state index contributed by atoms with van der Waals surface area (Å²) in [5, 5.41) is 9.39. The Morgan fingerprint density at radius 2 is 1.90 bits per heavy atom. The number of urea groups is 1. The van der Waals surface area contributed by atoms with Crippen molar-refractivity contribution < 1.29 is 9.59 Å². The molecule has 1 fully saturated rings. The summed E-state index contributed by atoms with van der Waals surface area (Å²) >= 11 is 0. The minimum Gasteiger partial charge on any atom is -0.356 e. The second-order valence-electron chi connectivity index (χ2n) is 7.39. The average Bonchev–Trinajstić information content (AvgIpc) is 2.93. The maximum atomic E-state index is 12.4. The third-order valence-corrected chi connectivity index (χ3v) is 5.37. The van der Waals surface area contributed by atoms with Gasteiger partial charge in [-0.1, -0.05) is 38.1 Å². The number of imide groups is 1. The number of amides is 3. The Balaban J connectivity index is 0.00000420. The molecule has 0 aromatic heterocycles. The molecule has 1 saturated heterocycles. The number of carbonyl (C=O) groups is 2. The van der Waals surface area contributed by atoms with Crippen molar-refractivity contribution in [3.8, 4) is 0 Å². The first-order valence-corrected chi connectivity index (χ1v) is 10.0. The van der Waals surface area contributed by atoms with E-state index in [1.54, 1.807) is 14.0 Å². The van der Waals surface area contributed by atoms with Crippen LogP contribution in [0.2, 0.25) is 0 Å². The molecule has 1 aromatic rings. The second-order valence-corrected chi connectivity index (χ2v) is 7.39. The molecule has 1 aromatic carbocycles. The van der Waals surface area contributed by atoms with Crippen LogP contribution in [0.15, 0.2) is 29.3 Å². The van der Waals surface area contributed by atoms with E-state index in [0.717, 1.165) is 6.42 Å². The van der Waals surface area contributed by atoms with E-state index >= 15 is 0 Å². The molecule has 3 N–H and O–H groups in total. The summed E-state index contributed by atoms with van der Waals surface area (Å²) in [6.07, 6.45) is 2.26. The van der Waals surface area contributed by atoms with Gasteiger partial charge in [0, 0.05) is 20.1 Å². The van der Waals surface area contributed by atoms with Gasteiger partial charge in [0.15, 0.2) is 5.96 Å². The van der Waals surface area contributed by atoms with Crippen molar-refractivity contribution in [3.05, 3.63) is 35.4 Å². The summed E-state index contributed by atoms with van der Waals surface area (Å²) in [7, 11) is 1.73. The van der Waals surface area contributed by atoms with Crippen molar-refractivity contribution in [2.24, 2.45) is 4.99 Å². The number of guanidine groups is 1. The zero-order valence-corrected chi connectivity index (χ0v) is 20.4. The molecule has 7 nitrogen and oxygen atoms in total. The normalized spacial score (nSPS) is 20.2. The lowest BCUT2D eigenvalue weighted by Gasteiger charge is -2.20. The zero-order chi connectivity index (χ0) is 20.7. The fourth-order valence-electron chi connectivity index (χ4n) is 3.16. The molecule has 0 spiro atoms. The maximum Gasteiger partial charge on any atom is 0.325 e. The largest absolute Gasteiger partial charge is 0.356 e. The predicted octanol–water partition coefficient (Wildman–Crippen LogP) is 3.20. The smallest absolute Gasteiger partial charge is 0.325 e. The van der Waals surface area contributed by atoms with E-state index in [-0.39, 0.29) is 42.0 Å². The van der Waals surface area contributed by atoms with Crippen LogP contribution in [0, 0.1) is 0 Å². The Kier molecular flexibility index (Phi) is 9.88. The molecule has 8 heteroatoms. The average molecular weight is 515 g/mol. The molecule has 0 bridgehead atoms. The van der Waals surface area contributed by atoms with Crippen molar-refractivity contribution in [1.82, 2.24) is 20.9 Å². The van der Waals surface area contributed by atoms with Gasteiger partial charge in [0.1, 0.15) is 5.54 Å². The van der Waals surface area contributed by atoms with Crippen LogP contribution in [-0.4, -0.2) is 48.5 Å². The fourth-order valence-corrected chi connectivity index (χ4v) is 3.16. The van der Waals surface area contributed by atoms with Gasteiger partial charge in [-0.25, -0.2) is 4.79 Å². The summed E-state index contributed by atoms with van der Waals surface area (Å²) in [6, 6.07) is 8.37. The minimum atomic E-state index is -0.773. The van der Waals surface area contributed by atoms with Crippen LogP contribution in [-0.2, 0) is 11.2 Å². The van der Waals surface area contributed by atoms with Crippen LogP contribution >= 0.6 is 24.0 Å². The maximum absolute atomic E-state index is 12.4. The Bertz CT molecular complexity index is 722. The van der Waals surface area contributed by atoms with E-state index in [4.69, 9.17) is 0 Å². The first kappa shape index (κ1) is 25.2. The van der Waals surface area contributed by atoms with Gasteiger partial charge < -0.3 is 16.0 Å². The number of nitrogens with one attached hydrogen (secondary N) is 3. The molecule has 2 atom stereocenters. The molecule has 0 aliphatic carbocycles. The molecule has 1 aliphatic rings. The van der Waals surface area contributed by atoms with Crippen molar-refractivity contribution in [3.63, 3.8) is 0 Å². The number of nitrogens with zero attached hydrogens (tertiary/aromatic N) is 2. The molecule has 2 rings (SSSR count). The number of aliphatic imine (C=N–C) groups is 1. The molecular weight excluding hydrogens is 481 g/mol. The van der Waals surface area contributed by atoms with Gasteiger partial charge in [0.05, 0.1) is 6.04 Å². The second kappa shape index (κ2) is 11.4. The SMILES string of the molecule is CCc1ccc(C(C)NC(=NC)NCCCN2C(=O)NC(C)(CC)C2=O)cc1.I. The lowest BCUT2D eigenvalue weighted by Crippen LogP contribution is -2.43. The van der Waals surface area contributed by atoms with Gasteiger partial charge in [-0.15, -0.1) is 24.0 Å². The van der Waals surface area contributed by atoms with Gasteiger partial charge >= 0.3 is 6.03 Å². The van der Waals surface area contributed by atoms with Gasteiger partial charge in [0.25, 0.3) is 5.91 Å². The molecule has 0 saturated carbocycles. The zero-order valence-electron chi connectivity index (χ0n) is 18.0. The highest BCUT2D eigenvalue weighted by Crippen LogP contribution is 2.20.